The Morgan fingerprint density at radius 1 is 1.55 bits per heavy atom. The molecule has 1 aliphatic rings. The number of aromatic nitrogens is 2. The first-order valence-electron chi connectivity index (χ1n) is 7.07. The molecule has 2 aromatic heterocycles. The van der Waals surface area contributed by atoms with Crippen molar-refractivity contribution in [3.8, 4) is 0 Å². The number of carbonyl (C=O) groups excluding carboxylic acids is 1. The summed E-state index contributed by atoms with van der Waals surface area (Å²) in [6, 6.07) is 6.07. The Labute approximate surface area is 122 Å². The molecule has 20 heavy (non-hydrogen) atoms. The summed E-state index contributed by atoms with van der Waals surface area (Å²) >= 11 is 1.66. The van der Waals surface area contributed by atoms with E-state index in [2.05, 4.69) is 10.2 Å². The van der Waals surface area contributed by atoms with Crippen molar-refractivity contribution in [3.05, 3.63) is 40.3 Å². The van der Waals surface area contributed by atoms with Gasteiger partial charge in [0.15, 0.2) is 0 Å². The van der Waals surface area contributed by atoms with Gasteiger partial charge in [0.25, 0.3) is 0 Å². The second-order valence-electron chi connectivity index (χ2n) is 5.37. The lowest BCUT2D eigenvalue weighted by Gasteiger charge is -2.33. The molecular formula is C15H19N3OS. The van der Waals surface area contributed by atoms with Crippen LogP contribution in [0.1, 0.15) is 42.2 Å². The molecule has 1 saturated heterocycles. The lowest BCUT2D eigenvalue weighted by molar-refractivity contribution is -0.133. The maximum atomic E-state index is 12.6. The molecule has 0 saturated carbocycles. The van der Waals surface area contributed by atoms with Gasteiger partial charge >= 0.3 is 0 Å². The first-order valence-corrected chi connectivity index (χ1v) is 7.95. The maximum Gasteiger partial charge on any atom is 0.230 e. The van der Waals surface area contributed by atoms with Gasteiger partial charge in [-0.1, -0.05) is 6.07 Å². The number of hydrogen-bond acceptors (Lipinski definition) is 3. The molecule has 0 unspecified atom stereocenters. The van der Waals surface area contributed by atoms with Crippen LogP contribution >= 0.6 is 11.3 Å². The number of aromatic amines is 1. The normalized spacial score (nSPS) is 20.9. The van der Waals surface area contributed by atoms with Gasteiger partial charge in [0.2, 0.25) is 5.91 Å². The molecule has 2 aromatic rings. The van der Waals surface area contributed by atoms with Gasteiger partial charge in [-0.3, -0.25) is 9.89 Å². The molecule has 0 bridgehead atoms. The third-order valence-electron chi connectivity index (χ3n) is 4.04. The van der Waals surface area contributed by atoms with E-state index in [0.29, 0.717) is 5.92 Å². The molecule has 0 aromatic carbocycles. The Kier molecular flexibility index (Phi) is 3.87. The molecule has 1 aliphatic heterocycles. The Hall–Kier alpha value is -1.62. The number of amides is 1. The number of piperidine rings is 1. The van der Waals surface area contributed by atoms with E-state index in [1.807, 2.05) is 35.4 Å². The van der Waals surface area contributed by atoms with Gasteiger partial charge in [-0.2, -0.15) is 5.10 Å². The minimum absolute atomic E-state index is 0.0319. The van der Waals surface area contributed by atoms with E-state index in [4.69, 9.17) is 0 Å². The van der Waals surface area contributed by atoms with Gasteiger partial charge < -0.3 is 4.90 Å². The van der Waals surface area contributed by atoms with Crippen molar-refractivity contribution in [2.75, 3.05) is 13.1 Å². The average Bonchev–Trinajstić information content (AvgIpc) is 3.18. The van der Waals surface area contributed by atoms with Crippen LogP contribution in [0.4, 0.5) is 0 Å². The molecule has 1 fully saturated rings. The Morgan fingerprint density at radius 3 is 3.15 bits per heavy atom. The summed E-state index contributed by atoms with van der Waals surface area (Å²) in [4.78, 5) is 15.8. The molecule has 3 heterocycles. The van der Waals surface area contributed by atoms with Crippen molar-refractivity contribution < 1.29 is 4.79 Å². The molecule has 1 amide bonds. The van der Waals surface area contributed by atoms with Crippen LogP contribution in [0.2, 0.25) is 0 Å². The molecule has 3 rings (SSSR count). The van der Waals surface area contributed by atoms with E-state index in [0.717, 1.165) is 36.5 Å². The summed E-state index contributed by atoms with van der Waals surface area (Å²) in [5.74, 6) is 0.609. The van der Waals surface area contributed by atoms with E-state index in [1.165, 1.54) is 0 Å². The van der Waals surface area contributed by atoms with Crippen LogP contribution in [0.3, 0.4) is 0 Å². The molecule has 0 aliphatic carbocycles. The molecule has 5 heteroatoms. The second-order valence-corrected chi connectivity index (χ2v) is 6.35. The smallest absolute Gasteiger partial charge is 0.230 e. The number of thiophene rings is 1. The monoisotopic (exact) mass is 289 g/mol. The number of likely N-dealkylation sites (tertiary alicyclic amines) is 1. The highest BCUT2D eigenvalue weighted by Gasteiger charge is 2.29. The molecule has 106 valence electrons. The highest BCUT2D eigenvalue weighted by atomic mass is 32.1. The first kappa shape index (κ1) is 13.4. The van der Waals surface area contributed by atoms with Crippen LogP contribution in [0.25, 0.3) is 0 Å². The third kappa shape index (κ3) is 2.63. The van der Waals surface area contributed by atoms with E-state index in [-0.39, 0.29) is 11.8 Å². The number of rotatable bonds is 3. The van der Waals surface area contributed by atoms with Gasteiger partial charge in [-0.05, 0) is 37.3 Å². The molecule has 0 spiro atoms. The lowest BCUT2D eigenvalue weighted by Crippen LogP contribution is -2.41. The van der Waals surface area contributed by atoms with Crippen molar-refractivity contribution >= 4 is 17.2 Å². The zero-order valence-corrected chi connectivity index (χ0v) is 12.4. The zero-order chi connectivity index (χ0) is 13.9. The predicted molar refractivity (Wildman–Crippen MR) is 79.9 cm³/mol. The molecular weight excluding hydrogens is 270 g/mol. The Balaban J connectivity index is 1.69. The third-order valence-corrected chi connectivity index (χ3v) is 5.09. The van der Waals surface area contributed by atoms with Crippen molar-refractivity contribution in [1.29, 1.82) is 0 Å². The summed E-state index contributed by atoms with van der Waals surface area (Å²) < 4.78 is 0. The summed E-state index contributed by atoms with van der Waals surface area (Å²) in [7, 11) is 0. The van der Waals surface area contributed by atoms with Gasteiger partial charge in [-0.25, -0.2) is 0 Å². The average molecular weight is 289 g/mol. The van der Waals surface area contributed by atoms with Gasteiger partial charge in [0.1, 0.15) is 0 Å². The zero-order valence-electron chi connectivity index (χ0n) is 11.6. The van der Waals surface area contributed by atoms with Crippen LogP contribution in [0.5, 0.6) is 0 Å². The predicted octanol–water partition coefficient (Wildman–Crippen LogP) is 2.98. The fraction of sp³-hybridized carbons (Fsp3) is 0.467. The van der Waals surface area contributed by atoms with E-state index < -0.39 is 0 Å². The summed E-state index contributed by atoms with van der Waals surface area (Å²) in [5, 5.41) is 9.08. The minimum atomic E-state index is -0.0319. The minimum Gasteiger partial charge on any atom is -0.341 e. The lowest BCUT2D eigenvalue weighted by atomic mass is 9.94. The molecule has 0 radical (unpaired) electrons. The largest absolute Gasteiger partial charge is 0.341 e. The molecule has 4 nitrogen and oxygen atoms in total. The maximum absolute atomic E-state index is 12.6. The summed E-state index contributed by atoms with van der Waals surface area (Å²) in [6.07, 6.45) is 3.97. The molecule has 1 N–H and O–H groups in total. The van der Waals surface area contributed by atoms with E-state index in [9.17, 15) is 4.79 Å². The van der Waals surface area contributed by atoms with Crippen molar-refractivity contribution in [1.82, 2.24) is 15.1 Å². The van der Waals surface area contributed by atoms with Crippen molar-refractivity contribution in [3.63, 3.8) is 0 Å². The fourth-order valence-electron chi connectivity index (χ4n) is 2.86. The Morgan fingerprint density at radius 2 is 2.45 bits per heavy atom. The van der Waals surface area contributed by atoms with Gasteiger partial charge in [0, 0.05) is 35.8 Å². The van der Waals surface area contributed by atoms with E-state index >= 15 is 0 Å². The van der Waals surface area contributed by atoms with E-state index in [1.54, 1.807) is 17.5 Å². The highest BCUT2D eigenvalue weighted by Crippen LogP contribution is 2.29. The van der Waals surface area contributed by atoms with Crippen LogP contribution in [0.15, 0.2) is 29.8 Å². The summed E-state index contributed by atoms with van der Waals surface area (Å²) in [5.41, 5.74) is 1.14. The SMILES string of the molecule is C[C@@H](C(=O)N1CCC[C@@H](c2ccn[nH]2)C1)c1cccs1. The fourth-order valence-corrected chi connectivity index (χ4v) is 3.63. The summed E-state index contributed by atoms with van der Waals surface area (Å²) in [6.45, 7) is 3.68. The van der Waals surface area contributed by atoms with Crippen LogP contribution in [0, 0.1) is 0 Å². The highest BCUT2D eigenvalue weighted by molar-refractivity contribution is 7.10. The molecule has 2 atom stereocenters. The van der Waals surface area contributed by atoms with Crippen molar-refractivity contribution in [2.24, 2.45) is 0 Å². The topological polar surface area (TPSA) is 49.0 Å². The van der Waals surface area contributed by atoms with Gasteiger partial charge in [-0.15, -0.1) is 11.3 Å². The second kappa shape index (κ2) is 5.79. The van der Waals surface area contributed by atoms with Crippen LogP contribution < -0.4 is 0 Å². The number of carbonyl (C=O) groups is 1. The number of hydrogen-bond donors (Lipinski definition) is 1. The standard InChI is InChI=1S/C15H19N3OS/c1-11(14-5-3-9-20-14)15(19)18-8-2-4-12(10-18)13-6-7-16-17-13/h3,5-7,9,11-12H,2,4,8,10H2,1H3,(H,16,17)/t11-,12-/m1/s1. The van der Waals surface area contributed by atoms with Gasteiger partial charge in [0.05, 0.1) is 5.92 Å². The first-order chi connectivity index (χ1) is 9.75. The van der Waals surface area contributed by atoms with Crippen LogP contribution in [-0.2, 0) is 4.79 Å². The number of H-pyrrole nitrogens is 1. The quantitative estimate of drug-likeness (QED) is 0.944. The Bertz CT molecular complexity index is 550. The van der Waals surface area contributed by atoms with Crippen LogP contribution in [-0.4, -0.2) is 34.1 Å². The number of nitrogens with zero attached hydrogens (tertiary/aromatic N) is 2. The van der Waals surface area contributed by atoms with Crippen molar-refractivity contribution in [2.45, 2.75) is 31.6 Å². The number of nitrogens with one attached hydrogen (secondary N) is 1.